The van der Waals surface area contributed by atoms with Crippen LogP contribution in [0, 0.1) is 0 Å². The summed E-state index contributed by atoms with van der Waals surface area (Å²) in [5.74, 6) is -0.885. The molecule has 6 nitrogen and oxygen atoms in total. The van der Waals surface area contributed by atoms with Crippen molar-refractivity contribution in [3.8, 4) is 16.9 Å². The van der Waals surface area contributed by atoms with Crippen molar-refractivity contribution in [2.45, 2.75) is 19.4 Å². The highest BCUT2D eigenvalue weighted by Crippen LogP contribution is 2.35. The van der Waals surface area contributed by atoms with Gasteiger partial charge in [-0.1, -0.05) is 41.4 Å². The maximum absolute atomic E-state index is 10.7. The average molecular weight is 456 g/mol. The Morgan fingerprint density at radius 3 is 2.81 bits per heavy atom. The van der Waals surface area contributed by atoms with Gasteiger partial charge in [-0.15, -0.1) is 0 Å². The van der Waals surface area contributed by atoms with Crippen LogP contribution in [0.5, 0.6) is 0 Å². The van der Waals surface area contributed by atoms with Crippen LogP contribution in [0.15, 0.2) is 61.2 Å². The summed E-state index contributed by atoms with van der Waals surface area (Å²) in [4.78, 5) is 19.7. The molecule has 0 fully saturated rings. The monoisotopic (exact) mass is 455 g/mol. The topological polar surface area (TPSA) is 77.2 Å². The lowest BCUT2D eigenvalue weighted by molar-refractivity contribution is -0.138. The summed E-state index contributed by atoms with van der Waals surface area (Å²) in [6, 6.07) is 13.4. The van der Waals surface area contributed by atoms with Crippen molar-refractivity contribution in [1.29, 1.82) is 0 Å². The quantitative estimate of drug-likeness (QED) is 0.372. The highest BCUT2D eigenvalue weighted by atomic mass is 35.5. The molecular weight excluding hydrogens is 437 g/mol. The van der Waals surface area contributed by atoms with E-state index in [-0.39, 0.29) is 19.1 Å². The number of carboxylic acid groups (broad SMARTS) is 1. The molecule has 0 bridgehead atoms. The summed E-state index contributed by atoms with van der Waals surface area (Å²) in [5.41, 5.74) is 4.01. The van der Waals surface area contributed by atoms with E-state index in [1.807, 2.05) is 54.1 Å². The highest BCUT2D eigenvalue weighted by molar-refractivity contribution is 6.45. The van der Waals surface area contributed by atoms with Gasteiger partial charge in [0.05, 0.1) is 52.4 Å². The normalized spacial score (nSPS) is 12.2. The van der Waals surface area contributed by atoms with Crippen LogP contribution < -0.4 is 0 Å². The minimum Gasteiger partial charge on any atom is -0.481 e. The minimum absolute atomic E-state index is 0.0379. The Kier molecular flexibility index (Phi) is 6.23. The van der Waals surface area contributed by atoms with Crippen molar-refractivity contribution in [1.82, 2.24) is 14.5 Å². The first kappa shape index (κ1) is 21.3. The Morgan fingerprint density at radius 1 is 1.23 bits per heavy atom. The average Bonchev–Trinajstić information content (AvgIpc) is 3.30. The molecular formula is C23H19Cl2N3O3. The molecule has 0 saturated heterocycles. The first-order chi connectivity index (χ1) is 14.9. The summed E-state index contributed by atoms with van der Waals surface area (Å²) < 4.78 is 7.57. The number of aromatic nitrogens is 3. The Bertz CT molecular complexity index is 1240. The summed E-state index contributed by atoms with van der Waals surface area (Å²) in [6.45, 7) is 2.04. The number of halogens is 2. The Hall–Kier alpha value is -2.93. The third-order valence-electron chi connectivity index (χ3n) is 4.97. The number of pyridine rings is 1. The number of ether oxygens (including phenoxy) is 1. The maximum atomic E-state index is 10.7. The second-order valence-electron chi connectivity index (χ2n) is 7.04. The fourth-order valence-electron chi connectivity index (χ4n) is 3.35. The summed E-state index contributed by atoms with van der Waals surface area (Å²) in [6.07, 6.45) is 4.99. The van der Waals surface area contributed by atoms with Gasteiger partial charge < -0.3 is 14.4 Å². The van der Waals surface area contributed by atoms with E-state index in [4.69, 9.17) is 38.0 Å². The van der Waals surface area contributed by atoms with E-state index in [9.17, 15) is 4.79 Å². The van der Waals surface area contributed by atoms with E-state index >= 15 is 0 Å². The van der Waals surface area contributed by atoms with Crippen LogP contribution in [0.1, 0.15) is 25.0 Å². The molecule has 1 N–H and O–H groups in total. The zero-order chi connectivity index (χ0) is 22.0. The third-order valence-corrected chi connectivity index (χ3v) is 5.76. The van der Waals surface area contributed by atoms with E-state index in [1.54, 1.807) is 18.6 Å². The van der Waals surface area contributed by atoms with E-state index in [0.717, 1.165) is 27.9 Å². The summed E-state index contributed by atoms with van der Waals surface area (Å²) in [7, 11) is 0. The van der Waals surface area contributed by atoms with Crippen molar-refractivity contribution in [2.24, 2.45) is 0 Å². The number of aliphatic carboxylic acids is 1. The van der Waals surface area contributed by atoms with Crippen LogP contribution in [-0.4, -0.2) is 32.2 Å². The van der Waals surface area contributed by atoms with Crippen LogP contribution in [0.2, 0.25) is 10.0 Å². The van der Waals surface area contributed by atoms with Gasteiger partial charge in [0.1, 0.15) is 0 Å². The maximum Gasteiger partial charge on any atom is 0.305 e. The molecule has 4 rings (SSSR count). The van der Waals surface area contributed by atoms with Crippen molar-refractivity contribution < 1.29 is 14.6 Å². The van der Waals surface area contributed by atoms with E-state index in [1.165, 1.54) is 0 Å². The fraction of sp³-hybridized carbons (Fsp3) is 0.174. The first-order valence-corrected chi connectivity index (χ1v) is 10.4. The van der Waals surface area contributed by atoms with Gasteiger partial charge in [0.25, 0.3) is 0 Å². The number of rotatable bonds is 7. The molecule has 1 unspecified atom stereocenters. The standard InChI is InChI=1S/C23H19Cl2N3O3/c1-14(31-10-7-21(29)30)15-3-2-4-16(11-15)19-12-20(28-9-8-26-13-28)17-5-6-18(24)22(25)23(17)27-19/h2-6,8-9,11-14H,7,10H2,1H3,(H,29,30). The molecule has 1 atom stereocenters. The van der Waals surface area contributed by atoms with Crippen LogP contribution in [0.3, 0.4) is 0 Å². The number of imidazole rings is 1. The number of fused-ring (bicyclic) bond motifs is 1. The molecule has 0 spiro atoms. The van der Waals surface area contributed by atoms with Crippen LogP contribution in [0.4, 0.5) is 0 Å². The number of benzene rings is 2. The summed E-state index contributed by atoms with van der Waals surface area (Å²) in [5, 5.41) is 10.5. The minimum atomic E-state index is -0.885. The van der Waals surface area contributed by atoms with Crippen molar-refractivity contribution >= 4 is 40.1 Å². The molecule has 0 amide bonds. The van der Waals surface area contributed by atoms with Gasteiger partial charge in [0.2, 0.25) is 0 Å². The SMILES string of the molecule is CC(OCCC(=O)O)c1cccc(-c2cc(-n3ccnc3)c3ccc(Cl)c(Cl)c3n2)c1. The molecule has 31 heavy (non-hydrogen) atoms. The lowest BCUT2D eigenvalue weighted by atomic mass is 10.0. The number of hydrogen-bond acceptors (Lipinski definition) is 4. The van der Waals surface area contributed by atoms with Crippen LogP contribution in [0.25, 0.3) is 27.8 Å². The zero-order valence-corrected chi connectivity index (χ0v) is 18.1. The Labute approximate surface area is 189 Å². The molecule has 2 aromatic heterocycles. The van der Waals surface area contributed by atoms with Gasteiger partial charge >= 0.3 is 5.97 Å². The van der Waals surface area contributed by atoms with Gasteiger partial charge in [-0.25, -0.2) is 9.97 Å². The predicted molar refractivity (Wildman–Crippen MR) is 121 cm³/mol. The second-order valence-corrected chi connectivity index (χ2v) is 7.82. The Balaban J connectivity index is 1.78. The van der Waals surface area contributed by atoms with E-state index in [2.05, 4.69) is 4.98 Å². The highest BCUT2D eigenvalue weighted by Gasteiger charge is 2.15. The molecule has 0 radical (unpaired) electrons. The number of nitrogens with zero attached hydrogens (tertiary/aromatic N) is 3. The van der Waals surface area contributed by atoms with E-state index < -0.39 is 5.97 Å². The molecule has 2 aromatic carbocycles. The zero-order valence-electron chi connectivity index (χ0n) is 16.6. The van der Waals surface area contributed by atoms with Gasteiger partial charge in [0.15, 0.2) is 0 Å². The van der Waals surface area contributed by atoms with Crippen LogP contribution >= 0.6 is 23.2 Å². The fourth-order valence-corrected chi connectivity index (χ4v) is 3.71. The van der Waals surface area contributed by atoms with Gasteiger partial charge in [-0.05, 0) is 36.8 Å². The molecule has 0 saturated carbocycles. The lowest BCUT2D eigenvalue weighted by Crippen LogP contribution is -2.06. The molecule has 2 heterocycles. The first-order valence-electron chi connectivity index (χ1n) is 9.65. The summed E-state index contributed by atoms with van der Waals surface area (Å²) >= 11 is 12.7. The number of hydrogen-bond donors (Lipinski definition) is 1. The van der Waals surface area contributed by atoms with Gasteiger partial charge in [-0.3, -0.25) is 4.79 Å². The number of carbonyl (C=O) groups is 1. The van der Waals surface area contributed by atoms with E-state index in [0.29, 0.717) is 15.6 Å². The smallest absolute Gasteiger partial charge is 0.305 e. The number of carboxylic acids is 1. The molecule has 158 valence electrons. The molecule has 0 aliphatic carbocycles. The lowest BCUT2D eigenvalue weighted by Gasteiger charge is -2.15. The van der Waals surface area contributed by atoms with Crippen molar-refractivity contribution in [2.75, 3.05) is 6.61 Å². The molecule has 0 aliphatic rings. The van der Waals surface area contributed by atoms with Gasteiger partial charge in [0, 0.05) is 23.3 Å². The Morgan fingerprint density at radius 2 is 2.06 bits per heavy atom. The van der Waals surface area contributed by atoms with Crippen molar-refractivity contribution in [3.63, 3.8) is 0 Å². The van der Waals surface area contributed by atoms with Crippen molar-refractivity contribution in [3.05, 3.63) is 76.8 Å². The van der Waals surface area contributed by atoms with Gasteiger partial charge in [-0.2, -0.15) is 0 Å². The predicted octanol–water partition coefficient (Wildman–Crippen LogP) is 5.95. The second kappa shape index (κ2) is 9.06. The third kappa shape index (κ3) is 4.56. The molecule has 4 aromatic rings. The molecule has 0 aliphatic heterocycles. The largest absolute Gasteiger partial charge is 0.481 e. The van der Waals surface area contributed by atoms with Crippen LogP contribution in [-0.2, 0) is 9.53 Å². The molecule has 8 heteroatoms.